The molecular weight excluding hydrogens is 553 g/mol. The Bertz CT molecular complexity index is 1600. The maximum atomic E-state index is 13.9. The van der Waals surface area contributed by atoms with Gasteiger partial charge in [0.2, 0.25) is 5.95 Å². The SMILES string of the molecule is C=C(NC)c1nc(Cl)ccc1NC(C)c1cc(C)cc2c1nc(N1CCC(F)(F)CC1)n1cc(C(F)(F)F)nc21. The molecule has 40 heavy (non-hydrogen) atoms. The Morgan fingerprint density at radius 2 is 1.82 bits per heavy atom. The minimum Gasteiger partial charge on any atom is -0.387 e. The second-order valence-corrected chi connectivity index (χ2v) is 10.3. The molecule has 0 spiro atoms. The maximum absolute atomic E-state index is 13.9. The summed E-state index contributed by atoms with van der Waals surface area (Å²) < 4.78 is 70.4. The third-order valence-electron chi connectivity index (χ3n) is 7.01. The zero-order valence-corrected chi connectivity index (χ0v) is 22.8. The van der Waals surface area contributed by atoms with Gasteiger partial charge in [0.15, 0.2) is 5.69 Å². The smallest absolute Gasteiger partial charge is 0.387 e. The van der Waals surface area contributed by atoms with Crippen LogP contribution >= 0.6 is 11.6 Å². The summed E-state index contributed by atoms with van der Waals surface area (Å²) in [6.45, 7) is 7.58. The number of pyridine rings is 1. The number of alkyl halides is 5. The van der Waals surface area contributed by atoms with Gasteiger partial charge in [0.25, 0.3) is 5.92 Å². The van der Waals surface area contributed by atoms with E-state index in [2.05, 4.69) is 27.2 Å². The van der Waals surface area contributed by atoms with E-state index in [1.54, 1.807) is 30.1 Å². The third kappa shape index (κ3) is 5.24. The highest BCUT2D eigenvalue weighted by molar-refractivity contribution is 6.29. The number of benzene rings is 1. The number of hydrogen-bond donors (Lipinski definition) is 2. The molecule has 1 unspecified atom stereocenters. The first-order valence-electron chi connectivity index (χ1n) is 12.6. The van der Waals surface area contributed by atoms with E-state index in [4.69, 9.17) is 16.6 Å². The summed E-state index contributed by atoms with van der Waals surface area (Å²) in [5.74, 6) is -2.70. The van der Waals surface area contributed by atoms with E-state index in [0.29, 0.717) is 33.5 Å². The van der Waals surface area contributed by atoms with Crippen LogP contribution in [0.4, 0.5) is 33.6 Å². The van der Waals surface area contributed by atoms with Crippen LogP contribution in [0.25, 0.3) is 22.2 Å². The molecule has 1 aliphatic heterocycles. The number of halogens is 6. The molecular formula is C27H27ClF5N7. The first-order valence-corrected chi connectivity index (χ1v) is 13.0. The van der Waals surface area contributed by atoms with Crippen LogP contribution < -0.4 is 15.5 Å². The number of rotatable bonds is 6. The van der Waals surface area contributed by atoms with Crippen molar-refractivity contribution in [3.8, 4) is 0 Å². The topological polar surface area (TPSA) is 70.4 Å². The zero-order chi connectivity index (χ0) is 29.0. The first kappa shape index (κ1) is 27.9. The van der Waals surface area contributed by atoms with Gasteiger partial charge in [-0.1, -0.05) is 24.2 Å². The van der Waals surface area contributed by atoms with Gasteiger partial charge >= 0.3 is 6.18 Å². The molecule has 212 valence electrons. The van der Waals surface area contributed by atoms with E-state index in [1.807, 2.05) is 19.9 Å². The maximum Gasteiger partial charge on any atom is 0.434 e. The molecule has 7 nitrogen and oxygen atoms in total. The highest BCUT2D eigenvalue weighted by Gasteiger charge is 2.37. The molecule has 4 heterocycles. The van der Waals surface area contributed by atoms with E-state index in [1.165, 1.54) is 4.40 Å². The standard InChI is InChI=1S/C27H27ClF5N7/c1-14-11-17(15(2)35-19-5-6-21(28)37-22(19)16(3)34-4)23-18(12-14)24-36-20(27(31,32)33)13-40(24)25(38-23)39-9-7-26(29,30)8-10-39/h5-6,11-13,15,34-35H,3,7-10H2,1-2,4H3. The van der Waals surface area contributed by atoms with Gasteiger partial charge in [0.05, 0.1) is 22.9 Å². The second-order valence-electron chi connectivity index (χ2n) is 9.95. The molecule has 1 atom stereocenters. The highest BCUT2D eigenvalue weighted by atomic mass is 35.5. The second kappa shape index (κ2) is 10.1. The van der Waals surface area contributed by atoms with Crippen LogP contribution in [-0.4, -0.2) is 45.4 Å². The molecule has 0 amide bonds. The molecule has 2 N–H and O–H groups in total. The van der Waals surface area contributed by atoms with Crippen LogP contribution in [0.5, 0.6) is 0 Å². The summed E-state index contributed by atoms with van der Waals surface area (Å²) in [4.78, 5) is 14.7. The van der Waals surface area contributed by atoms with Crippen LogP contribution in [0, 0.1) is 6.92 Å². The monoisotopic (exact) mass is 579 g/mol. The highest BCUT2D eigenvalue weighted by Crippen LogP contribution is 2.37. The number of fused-ring (bicyclic) bond motifs is 3. The fraction of sp³-hybridized carbons (Fsp3) is 0.370. The van der Waals surface area contributed by atoms with E-state index in [-0.39, 0.29) is 29.8 Å². The molecule has 1 fully saturated rings. The fourth-order valence-corrected chi connectivity index (χ4v) is 5.06. The van der Waals surface area contributed by atoms with Gasteiger partial charge in [0, 0.05) is 50.1 Å². The average molecular weight is 580 g/mol. The number of aryl methyl sites for hydroxylation is 1. The van der Waals surface area contributed by atoms with Crippen LogP contribution in [0.15, 0.2) is 37.0 Å². The molecule has 0 saturated carbocycles. The van der Waals surface area contributed by atoms with Crippen LogP contribution in [0.3, 0.4) is 0 Å². The molecule has 5 rings (SSSR count). The van der Waals surface area contributed by atoms with E-state index in [9.17, 15) is 22.0 Å². The number of imidazole rings is 1. The molecule has 0 radical (unpaired) electrons. The Morgan fingerprint density at radius 3 is 2.48 bits per heavy atom. The quantitative estimate of drug-likeness (QED) is 0.192. The summed E-state index contributed by atoms with van der Waals surface area (Å²) in [6, 6.07) is 6.61. The van der Waals surface area contributed by atoms with Crippen molar-refractivity contribution in [3.05, 3.63) is 64.7 Å². The van der Waals surface area contributed by atoms with E-state index in [0.717, 1.165) is 11.8 Å². The van der Waals surface area contributed by atoms with E-state index < -0.39 is 36.7 Å². The lowest BCUT2D eigenvalue weighted by atomic mass is 10.0. The van der Waals surface area contributed by atoms with Gasteiger partial charge in [-0.25, -0.2) is 23.7 Å². The van der Waals surface area contributed by atoms with Gasteiger partial charge in [-0.2, -0.15) is 13.2 Å². The van der Waals surface area contributed by atoms with Crippen molar-refractivity contribution in [2.45, 2.75) is 44.8 Å². The van der Waals surface area contributed by atoms with Gasteiger partial charge < -0.3 is 15.5 Å². The molecule has 0 aliphatic carbocycles. The molecule has 0 bridgehead atoms. The molecule has 1 saturated heterocycles. The number of nitrogens with zero attached hydrogens (tertiary/aromatic N) is 5. The third-order valence-corrected chi connectivity index (χ3v) is 7.22. The predicted octanol–water partition coefficient (Wildman–Crippen LogP) is 6.86. The molecule has 3 aromatic heterocycles. The summed E-state index contributed by atoms with van der Waals surface area (Å²) in [7, 11) is 1.71. The molecule has 1 aromatic carbocycles. The zero-order valence-electron chi connectivity index (χ0n) is 22.0. The normalized spacial score (nSPS) is 16.4. The van der Waals surface area contributed by atoms with Crippen molar-refractivity contribution >= 4 is 45.5 Å². The first-order chi connectivity index (χ1) is 18.8. The minimum atomic E-state index is -4.69. The predicted molar refractivity (Wildman–Crippen MR) is 146 cm³/mol. The Kier molecular flexibility index (Phi) is 7.01. The van der Waals surface area contributed by atoms with Gasteiger partial charge in [-0.15, -0.1) is 0 Å². The number of anilines is 2. The van der Waals surface area contributed by atoms with Crippen molar-refractivity contribution in [1.82, 2.24) is 24.7 Å². The summed E-state index contributed by atoms with van der Waals surface area (Å²) in [5.41, 5.74) is 2.54. The van der Waals surface area contributed by atoms with Gasteiger partial charge in [-0.3, -0.25) is 4.40 Å². The summed E-state index contributed by atoms with van der Waals surface area (Å²) in [6.07, 6.45) is -4.66. The number of hydrogen-bond acceptors (Lipinski definition) is 6. The van der Waals surface area contributed by atoms with Gasteiger partial charge in [-0.05, 0) is 37.6 Å². The Hall–Kier alpha value is -3.67. The largest absolute Gasteiger partial charge is 0.434 e. The van der Waals surface area contributed by atoms with Crippen LogP contribution in [-0.2, 0) is 6.18 Å². The Morgan fingerprint density at radius 1 is 1.12 bits per heavy atom. The lowest BCUT2D eigenvalue weighted by Gasteiger charge is -2.33. The lowest BCUT2D eigenvalue weighted by molar-refractivity contribution is -0.140. The molecule has 1 aliphatic rings. The summed E-state index contributed by atoms with van der Waals surface area (Å²) in [5, 5.41) is 7.05. The Labute approximate surface area is 232 Å². The van der Waals surface area contributed by atoms with E-state index >= 15 is 0 Å². The minimum absolute atomic E-state index is 0.0545. The van der Waals surface area contributed by atoms with Crippen molar-refractivity contribution in [1.29, 1.82) is 0 Å². The molecule has 13 heteroatoms. The number of aromatic nitrogens is 4. The average Bonchev–Trinajstić information content (AvgIpc) is 3.35. The molecule has 4 aromatic rings. The van der Waals surface area contributed by atoms with Crippen LogP contribution in [0.1, 0.15) is 48.3 Å². The van der Waals surface area contributed by atoms with Gasteiger partial charge in [0.1, 0.15) is 16.5 Å². The summed E-state index contributed by atoms with van der Waals surface area (Å²) >= 11 is 6.11. The Balaban J connectivity index is 1.68. The lowest BCUT2D eigenvalue weighted by Crippen LogP contribution is -2.40. The van der Waals surface area contributed by atoms with Crippen molar-refractivity contribution in [3.63, 3.8) is 0 Å². The van der Waals surface area contributed by atoms with Crippen molar-refractivity contribution < 1.29 is 22.0 Å². The number of nitrogens with one attached hydrogen (secondary N) is 2. The fourth-order valence-electron chi connectivity index (χ4n) is 4.91. The van der Waals surface area contributed by atoms with Crippen LogP contribution in [0.2, 0.25) is 5.15 Å². The number of piperidine rings is 1. The van der Waals surface area contributed by atoms with Crippen molar-refractivity contribution in [2.24, 2.45) is 0 Å². The van der Waals surface area contributed by atoms with Crippen molar-refractivity contribution in [2.75, 3.05) is 30.4 Å².